The van der Waals surface area contributed by atoms with Crippen molar-refractivity contribution in [3.63, 3.8) is 0 Å². The summed E-state index contributed by atoms with van der Waals surface area (Å²) in [5.74, 6) is 0.879. The van der Waals surface area contributed by atoms with Gasteiger partial charge in [0, 0.05) is 35.7 Å². The fourth-order valence-corrected chi connectivity index (χ4v) is 4.07. The van der Waals surface area contributed by atoms with Crippen molar-refractivity contribution >= 4 is 34.1 Å². The van der Waals surface area contributed by atoms with Crippen LogP contribution < -0.4 is 5.32 Å². The lowest BCUT2D eigenvalue weighted by Crippen LogP contribution is -2.25. The molecular weight excluding hydrogens is 314 g/mol. The van der Waals surface area contributed by atoms with Gasteiger partial charge in [-0.3, -0.25) is 10.1 Å². The summed E-state index contributed by atoms with van der Waals surface area (Å²) in [7, 11) is 2.11. The lowest BCUT2D eigenvalue weighted by Gasteiger charge is -2.20. The molecule has 0 spiro atoms. The van der Waals surface area contributed by atoms with Gasteiger partial charge in [0.05, 0.1) is 5.69 Å². The fourth-order valence-electron chi connectivity index (χ4n) is 2.46. The topological polar surface area (TPSA) is 45.2 Å². The molecule has 1 aromatic heterocycles. The number of likely N-dealkylation sites (N-methyl/N-ethyl adjacent to an activating group) is 1. The van der Waals surface area contributed by atoms with E-state index < -0.39 is 0 Å². The number of nitrogens with one attached hydrogen (secondary N) is 1. The molecule has 0 fully saturated rings. The number of amides is 1. The Balaban J connectivity index is 1.69. The smallest absolute Gasteiger partial charge is 0.257 e. The molecule has 0 saturated heterocycles. The monoisotopic (exact) mass is 333 g/mol. The first-order chi connectivity index (χ1) is 10.7. The average molecular weight is 333 g/mol. The van der Waals surface area contributed by atoms with Crippen molar-refractivity contribution in [2.24, 2.45) is 0 Å². The van der Waals surface area contributed by atoms with Crippen LogP contribution in [0.15, 0.2) is 24.3 Å². The van der Waals surface area contributed by atoms with Gasteiger partial charge in [-0.05, 0) is 31.0 Å². The summed E-state index contributed by atoms with van der Waals surface area (Å²) in [6, 6.07) is 7.77. The van der Waals surface area contributed by atoms with Crippen LogP contribution in [0, 0.1) is 0 Å². The van der Waals surface area contributed by atoms with E-state index >= 15 is 0 Å². The van der Waals surface area contributed by atoms with Crippen molar-refractivity contribution in [3.05, 3.63) is 46.0 Å². The Kier molecular flexibility index (Phi) is 4.81. The van der Waals surface area contributed by atoms with Crippen molar-refractivity contribution in [3.8, 4) is 0 Å². The molecular formula is C16H19N3OS2. The van der Waals surface area contributed by atoms with Gasteiger partial charge >= 0.3 is 0 Å². The zero-order valence-corrected chi connectivity index (χ0v) is 14.4. The number of aromatic nitrogens is 1. The lowest BCUT2D eigenvalue weighted by molar-refractivity contribution is 0.102. The predicted molar refractivity (Wildman–Crippen MR) is 93.8 cm³/mol. The predicted octanol–water partition coefficient (Wildman–Crippen LogP) is 3.25. The molecule has 1 aromatic carbocycles. The molecule has 0 radical (unpaired) electrons. The number of nitrogens with zero attached hydrogens (tertiary/aromatic N) is 2. The molecule has 2 heterocycles. The van der Waals surface area contributed by atoms with Gasteiger partial charge in [0.2, 0.25) is 0 Å². The Labute approximate surface area is 138 Å². The molecule has 0 atom stereocenters. The van der Waals surface area contributed by atoms with E-state index in [4.69, 9.17) is 0 Å². The number of hydrogen-bond acceptors (Lipinski definition) is 5. The Morgan fingerprint density at radius 1 is 1.41 bits per heavy atom. The van der Waals surface area contributed by atoms with Gasteiger partial charge in [-0.2, -0.15) is 11.8 Å². The Bertz CT molecular complexity index is 667. The maximum absolute atomic E-state index is 12.3. The molecule has 1 aliphatic rings. The maximum atomic E-state index is 12.3. The standard InChI is InChI=1S/C16H19N3OS2/c1-19-8-7-13-14(9-19)22-16(17-13)18-15(20)12-5-3-11(4-6-12)10-21-2/h3-6H,7-10H2,1-2H3,(H,17,18,20). The second-order valence-corrected chi connectivity index (χ2v) is 7.41. The summed E-state index contributed by atoms with van der Waals surface area (Å²) in [5, 5.41) is 3.63. The largest absolute Gasteiger partial charge is 0.301 e. The molecule has 116 valence electrons. The van der Waals surface area contributed by atoms with Crippen molar-refractivity contribution < 1.29 is 4.79 Å². The number of thiazole rings is 1. The van der Waals surface area contributed by atoms with Crippen molar-refractivity contribution in [1.29, 1.82) is 0 Å². The molecule has 1 aliphatic heterocycles. The average Bonchev–Trinajstić information content (AvgIpc) is 2.89. The van der Waals surface area contributed by atoms with E-state index in [9.17, 15) is 4.79 Å². The van der Waals surface area contributed by atoms with Gasteiger partial charge in [0.15, 0.2) is 5.13 Å². The van der Waals surface area contributed by atoms with Crippen molar-refractivity contribution in [2.75, 3.05) is 25.2 Å². The zero-order chi connectivity index (χ0) is 15.5. The minimum Gasteiger partial charge on any atom is -0.301 e. The maximum Gasteiger partial charge on any atom is 0.257 e. The van der Waals surface area contributed by atoms with E-state index in [0.29, 0.717) is 10.7 Å². The molecule has 1 amide bonds. The number of rotatable bonds is 4. The molecule has 0 saturated carbocycles. The van der Waals surface area contributed by atoms with Crippen molar-refractivity contribution in [2.45, 2.75) is 18.7 Å². The van der Waals surface area contributed by atoms with E-state index in [1.165, 1.54) is 10.4 Å². The molecule has 0 unspecified atom stereocenters. The quantitative estimate of drug-likeness (QED) is 0.933. The normalized spacial score (nSPS) is 14.6. The number of thioether (sulfide) groups is 1. The number of carbonyl (C=O) groups is 1. The van der Waals surface area contributed by atoms with Gasteiger partial charge in [-0.1, -0.05) is 12.1 Å². The van der Waals surface area contributed by atoms with Gasteiger partial charge in [-0.15, -0.1) is 11.3 Å². The van der Waals surface area contributed by atoms with E-state index in [2.05, 4.69) is 28.5 Å². The molecule has 2 aromatic rings. The highest BCUT2D eigenvalue weighted by molar-refractivity contribution is 7.97. The Morgan fingerprint density at radius 3 is 2.91 bits per heavy atom. The van der Waals surface area contributed by atoms with Gasteiger partial charge in [0.1, 0.15) is 0 Å². The number of hydrogen-bond donors (Lipinski definition) is 1. The number of carbonyl (C=O) groups excluding carboxylic acids is 1. The molecule has 1 N–H and O–H groups in total. The van der Waals surface area contributed by atoms with Crippen LogP contribution in [0.25, 0.3) is 0 Å². The summed E-state index contributed by atoms with van der Waals surface area (Å²) >= 11 is 3.36. The third-order valence-corrected chi connectivity index (χ3v) is 5.29. The molecule has 0 aliphatic carbocycles. The van der Waals surface area contributed by atoms with Crippen LogP contribution in [-0.4, -0.2) is 35.6 Å². The van der Waals surface area contributed by atoms with E-state index in [1.807, 2.05) is 24.3 Å². The van der Waals surface area contributed by atoms with Gasteiger partial charge in [-0.25, -0.2) is 4.98 Å². The second kappa shape index (κ2) is 6.81. The minimum absolute atomic E-state index is 0.0878. The van der Waals surface area contributed by atoms with Crippen LogP contribution >= 0.6 is 23.1 Å². The highest BCUT2D eigenvalue weighted by atomic mass is 32.2. The molecule has 4 nitrogen and oxygen atoms in total. The van der Waals surface area contributed by atoms with Crippen LogP contribution in [0.5, 0.6) is 0 Å². The Hall–Kier alpha value is -1.37. The summed E-state index contributed by atoms with van der Waals surface area (Å²) < 4.78 is 0. The van der Waals surface area contributed by atoms with E-state index in [0.717, 1.165) is 31.0 Å². The van der Waals surface area contributed by atoms with E-state index in [-0.39, 0.29) is 5.91 Å². The highest BCUT2D eigenvalue weighted by Crippen LogP contribution is 2.28. The lowest BCUT2D eigenvalue weighted by atomic mass is 10.1. The third-order valence-electron chi connectivity index (χ3n) is 3.67. The van der Waals surface area contributed by atoms with Crippen LogP contribution in [-0.2, 0) is 18.7 Å². The highest BCUT2D eigenvalue weighted by Gasteiger charge is 2.19. The molecule has 22 heavy (non-hydrogen) atoms. The molecule has 6 heteroatoms. The minimum atomic E-state index is -0.0878. The number of benzene rings is 1. The SMILES string of the molecule is CSCc1ccc(C(=O)Nc2nc3c(s2)CN(C)CC3)cc1. The summed E-state index contributed by atoms with van der Waals surface area (Å²) in [4.78, 5) is 20.4. The first kappa shape index (κ1) is 15.5. The first-order valence-corrected chi connectivity index (χ1v) is 9.43. The van der Waals surface area contributed by atoms with Gasteiger partial charge < -0.3 is 4.90 Å². The van der Waals surface area contributed by atoms with Gasteiger partial charge in [0.25, 0.3) is 5.91 Å². The second-order valence-electron chi connectivity index (χ2n) is 5.46. The number of fused-ring (bicyclic) bond motifs is 1. The van der Waals surface area contributed by atoms with Crippen LogP contribution in [0.1, 0.15) is 26.5 Å². The third kappa shape index (κ3) is 3.51. The van der Waals surface area contributed by atoms with Crippen molar-refractivity contribution in [1.82, 2.24) is 9.88 Å². The summed E-state index contributed by atoms with van der Waals surface area (Å²) in [6.07, 6.45) is 3.03. The van der Waals surface area contributed by atoms with Crippen LogP contribution in [0.3, 0.4) is 0 Å². The molecule has 3 rings (SSSR count). The zero-order valence-electron chi connectivity index (χ0n) is 12.8. The fraction of sp³-hybridized carbons (Fsp3) is 0.375. The summed E-state index contributed by atoms with van der Waals surface area (Å²) in [6.45, 7) is 1.95. The van der Waals surface area contributed by atoms with Crippen LogP contribution in [0.4, 0.5) is 5.13 Å². The molecule has 0 bridgehead atoms. The summed E-state index contributed by atoms with van der Waals surface area (Å²) in [5.41, 5.74) is 3.04. The van der Waals surface area contributed by atoms with Crippen LogP contribution in [0.2, 0.25) is 0 Å². The van der Waals surface area contributed by atoms with E-state index in [1.54, 1.807) is 23.1 Å². The number of anilines is 1. The first-order valence-electron chi connectivity index (χ1n) is 7.22. The Morgan fingerprint density at radius 2 is 2.18 bits per heavy atom.